The zero-order valence-corrected chi connectivity index (χ0v) is 18.5. The van der Waals surface area contributed by atoms with Crippen LogP contribution in [0.1, 0.15) is 38.2 Å². The van der Waals surface area contributed by atoms with E-state index in [9.17, 15) is 27.2 Å². The van der Waals surface area contributed by atoms with Crippen LogP contribution in [0.25, 0.3) is 0 Å². The Morgan fingerprint density at radius 3 is 2.53 bits per heavy atom. The molecule has 0 aromatic heterocycles. The quantitative estimate of drug-likeness (QED) is 0.549. The summed E-state index contributed by atoms with van der Waals surface area (Å²) in [6.07, 6.45) is -1.64. The smallest absolute Gasteiger partial charge is 0.332 e. The standard InChI is InChI=1S/C24H26F4N4O2/c1-14(29-23(34)30-17-6-4-5-15(13-17)24(26,27)28)21-31-20-8-3-2-7-19(20)22(33)32(21)18-11-9-16(25)10-12-18/h4-6,9-14,19-21,31H,2-3,7-8H2,1H3,(H2,29,30,34). The van der Waals surface area contributed by atoms with E-state index in [2.05, 4.69) is 16.0 Å². The van der Waals surface area contributed by atoms with Gasteiger partial charge in [-0.2, -0.15) is 13.2 Å². The van der Waals surface area contributed by atoms with Crippen molar-refractivity contribution in [2.24, 2.45) is 5.92 Å². The van der Waals surface area contributed by atoms with Crippen LogP contribution in [0, 0.1) is 11.7 Å². The van der Waals surface area contributed by atoms with Crippen LogP contribution >= 0.6 is 0 Å². The van der Waals surface area contributed by atoms with Crippen LogP contribution in [0.15, 0.2) is 48.5 Å². The van der Waals surface area contributed by atoms with Crippen molar-refractivity contribution in [1.82, 2.24) is 10.6 Å². The van der Waals surface area contributed by atoms with Gasteiger partial charge in [0.05, 0.1) is 17.5 Å². The summed E-state index contributed by atoms with van der Waals surface area (Å²) in [5, 5.41) is 8.61. The van der Waals surface area contributed by atoms with Gasteiger partial charge < -0.3 is 10.6 Å². The first-order valence-corrected chi connectivity index (χ1v) is 11.2. The van der Waals surface area contributed by atoms with Gasteiger partial charge in [0.25, 0.3) is 0 Å². The lowest BCUT2D eigenvalue weighted by Gasteiger charge is -2.48. The molecule has 2 aromatic carbocycles. The second kappa shape index (κ2) is 9.61. The van der Waals surface area contributed by atoms with Crippen LogP contribution in [0.4, 0.5) is 33.7 Å². The number of alkyl halides is 3. The number of nitrogens with one attached hydrogen (secondary N) is 3. The summed E-state index contributed by atoms with van der Waals surface area (Å²) in [4.78, 5) is 27.6. The molecule has 4 rings (SSSR count). The molecule has 0 radical (unpaired) electrons. The molecule has 0 bridgehead atoms. The van der Waals surface area contributed by atoms with Crippen LogP contribution in [-0.2, 0) is 11.0 Å². The van der Waals surface area contributed by atoms with Crippen molar-refractivity contribution in [2.45, 2.75) is 57.0 Å². The maximum Gasteiger partial charge on any atom is 0.416 e. The number of benzene rings is 2. The average Bonchev–Trinajstić information content (AvgIpc) is 2.79. The third kappa shape index (κ3) is 5.16. The van der Waals surface area contributed by atoms with E-state index in [4.69, 9.17) is 0 Å². The fourth-order valence-corrected chi connectivity index (χ4v) is 4.72. The molecule has 1 heterocycles. The molecule has 1 aliphatic heterocycles. The summed E-state index contributed by atoms with van der Waals surface area (Å²) in [7, 11) is 0. The van der Waals surface area contributed by atoms with Gasteiger partial charge in [-0.25, -0.2) is 9.18 Å². The maximum atomic E-state index is 13.5. The predicted molar refractivity (Wildman–Crippen MR) is 120 cm³/mol. The van der Waals surface area contributed by atoms with Crippen LogP contribution in [-0.4, -0.2) is 30.2 Å². The summed E-state index contributed by atoms with van der Waals surface area (Å²) in [5.41, 5.74) is -0.376. The average molecular weight is 478 g/mol. The molecule has 4 atom stereocenters. The van der Waals surface area contributed by atoms with Gasteiger partial charge in [0.1, 0.15) is 12.0 Å². The topological polar surface area (TPSA) is 73.5 Å². The van der Waals surface area contributed by atoms with Gasteiger partial charge in [-0.3, -0.25) is 15.0 Å². The number of urea groups is 1. The molecule has 2 fully saturated rings. The normalized spacial score (nSPS) is 23.7. The summed E-state index contributed by atoms with van der Waals surface area (Å²) in [5.74, 6) is -0.729. The molecule has 4 unspecified atom stereocenters. The van der Waals surface area contributed by atoms with Crippen molar-refractivity contribution in [2.75, 3.05) is 10.2 Å². The number of hydrogen-bond donors (Lipinski definition) is 3. The molecule has 1 saturated heterocycles. The van der Waals surface area contributed by atoms with E-state index in [1.165, 1.54) is 36.4 Å². The Balaban J connectivity index is 1.52. The highest BCUT2D eigenvalue weighted by molar-refractivity contribution is 5.97. The largest absolute Gasteiger partial charge is 0.416 e. The van der Waals surface area contributed by atoms with E-state index in [1.54, 1.807) is 11.8 Å². The molecule has 3 amide bonds. The highest BCUT2D eigenvalue weighted by atomic mass is 19.4. The number of amides is 3. The molecule has 3 N–H and O–H groups in total. The van der Waals surface area contributed by atoms with Crippen LogP contribution in [0.2, 0.25) is 0 Å². The van der Waals surface area contributed by atoms with Gasteiger partial charge in [-0.05, 0) is 62.2 Å². The van der Waals surface area contributed by atoms with E-state index in [0.717, 1.165) is 37.8 Å². The van der Waals surface area contributed by atoms with Crippen molar-refractivity contribution in [3.05, 3.63) is 59.9 Å². The molecular weight excluding hydrogens is 452 g/mol. The number of fused-ring (bicyclic) bond motifs is 1. The third-order valence-electron chi connectivity index (χ3n) is 6.37. The van der Waals surface area contributed by atoms with E-state index in [-0.39, 0.29) is 23.6 Å². The van der Waals surface area contributed by atoms with E-state index >= 15 is 0 Å². The number of anilines is 2. The maximum absolute atomic E-state index is 13.5. The number of hydrogen-bond acceptors (Lipinski definition) is 3. The molecule has 10 heteroatoms. The Kier molecular flexibility index (Phi) is 6.79. The molecule has 2 aromatic rings. The lowest BCUT2D eigenvalue weighted by Crippen LogP contribution is -2.69. The van der Waals surface area contributed by atoms with Crippen LogP contribution < -0.4 is 20.9 Å². The molecule has 34 heavy (non-hydrogen) atoms. The zero-order chi connectivity index (χ0) is 24.5. The van der Waals surface area contributed by atoms with E-state index in [1.807, 2.05) is 0 Å². The lowest BCUT2D eigenvalue weighted by atomic mass is 9.81. The number of rotatable bonds is 4. The van der Waals surface area contributed by atoms with Crippen LogP contribution in [0.3, 0.4) is 0 Å². The van der Waals surface area contributed by atoms with Gasteiger partial charge in [0.15, 0.2) is 0 Å². The minimum absolute atomic E-state index is 0.00469. The highest BCUT2D eigenvalue weighted by Gasteiger charge is 2.45. The first kappa shape index (κ1) is 24.0. The number of nitrogens with zero attached hydrogens (tertiary/aromatic N) is 1. The Morgan fingerprint density at radius 2 is 1.82 bits per heavy atom. The monoisotopic (exact) mass is 478 g/mol. The van der Waals surface area contributed by atoms with E-state index in [0.29, 0.717) is 5.69 Å². The molecule has 1 saturated carbocycles. The number of carbonyl (C=O) groups is 2. The molecule has 0 spiro atoms. The van der Waals surface area contributed by atoms with Gasteiger partial charge in [0, 0.05) is 17.4 Å². The molecular formula is C24H26F4N4O2. The minimum Gasteiger partial charge on any atom is -0.332 e. The Labute approximate surface area is 194 Å². The first-order chi connectivity index (χ1) is 16.1. The van der Waals surface area contributed by atoms with Crippen molar-refractivity contribution in [3.63, 3.8) is 0 Å². The predicted octanol–water partition coefficient (Wildman–Crippen LogP) is 4.88. The molecule has 1 aliphatic carbocycles. The summed E-state index contributed by atoms with van der Waals surface area (Å²) >= 11 is 0. The fourth-order valence-electron chi connectivity index (χ4n) is 4.72. The zero-order valence-electron chi connectivity index (χ0n) is 18.5. The van der Waals surface area contributed by atoms with Crippen molar-refractivity contribution >= 4 is 23.3 Å². The highest BCUT2D eigenvalue weighted by Crippen LogP contribution is 2.34. The van der Waals surface area contributed by atoms with Crippen molar-refractivity contribution in [1.29, 1.82) is 0 Å². The Hall–Kier alpha value is -3.14. The second-order valence-corrected chi connectivity index (χ2v) is 8.76. The molecule has 182 valence electrons. The third-order valence-corrected chi connectivity index (χ3v) is 6.37. The van der Waals surface area contributed by atoms with Gasteiger partial charge in [-0.1, -0.05) is 18.9 Å². The minimum atomic E-state index is -4.53. The molecule has 2 aliphatic rings. The number of carbonyl (C=O) groups excluding carboxylic acids is 2. The summed E-state index contributed by atoms with van der Waals surface area (Å²) in [6.45, 7) is 1.70. The summed E-state index contributed by atoms with van der Waals surface area (Å²) < 4.78 is 52.4. The van der Waals surface area contributed by atoms with E-state index < -0.39 is 35.8 Å². The van der Waals surface area contributed by atoms with Crippen molar-refractivity contribution < 1.29 is 27.2 Å². The van der Waals surface area contributed by atoms with Crippen molar-refractivity contribution in [3.8, 4) is 0 Å². The SMILES string of the molecule is CC(NC(=O)Nc1cccc(C(F)(F)F)c1)C1NC2CCCCC2C(=O)N1c1ccc(F)cc1. The molecule has 6 nitrogen and oxygen atoms in total. The van der Waals surface area contributed by atoms with Gasteiger partial charge in [0.2, 0.25) is 5.91 Å². The Bertz CT molecular complexity index is 1040. The number of halogens is 4. The lowest BCUT2D eigenvalue weighted by molar-refractivity contribution is -0.137. The van der Waals surface area contributed by atoms with Crippen LogP contribution in [0.5, 0.6) is 0 Å². The van der Waals surface area contributed by atoms with Gasteiger partial charge in [-0.15, -0.1) is 0 Å². The Morgan fingerprint density at radius 1 is 1.12 bits per heavy atom. The second-order valence-electron chi connectivity index (χ2n) is 8.76. The van der Waals surface area contributed by atoms with Gasteiger partial charge >= 0.3 is 12.2 Å². The summed E-state index contributed by atoms with van der Waals surface area (Å²) in [6, 6.07) is 8.56. The fraction of sp³-hybridized carbons (Fsp3) is 0.417. The first-order valence-electron chi connectivity index (χ1n) is 11.2.